The fourth-order valence-corrected chi connectivity index (χ4v) is 2.98. The smallest absolute Gasteiger partial charge is 0.0535 e. The molecule has 0 saturated heterocycles. The molecule has 0 amide bonds. The summed E-state index contributed by atoms with van der Waals surface area (Å²) in [5.74, 6) is 0.574. The van der Waals surface area contributed by atoms with Crippen LogP contribution in [-0.2, 0) is 0 Å². The average molecular weight is 266 g/mol. The molecule has 2 unspecified atom stereocenters. The molecule has 2 atom stereocenters. The predicted octanol–water partition coefficient (Wildman–Crippen LogP) is 4.37. The Labute approximate surface area is 121 Å². The van der Waals surface area contributed by atoms with Crippen LogP contribution in [0.5, 0.6) is 0 Å². The van der Waals surface area contributed by atoms with E-state index in [9.17, 15) is 0 Å². The van der Waals surface area contributed by atoms with Crippen LogP contribution >= 0.6 is 0 Å². The molecular weight excluding hydrogens is 244 g/mol. The summed E-state index contributed by atoms with van der Waals surface area (Å²) in [6, 6.07) is 17.7. The minimum atomic E-state index is 0.152. The van der Waals surface area contributed by atoms with Gasteiger partial charge in [-0.2, -0.15) is 0 Å². The Kier molecular flexibility index (Phi) is 3.49. The zero-order chi connectivity index (χ0) is 14.1. The molecule has 1 aliphatic carbocycles. The minimum Gasteiger partial charge on any atom is -0.378 e. The molecule has 20 heavy (non-hydrogen) atoms. The van der Waals surface area contributed by atoms with Crippen molar-refractivity contribution in [3.05, 3.63) is 65.2 Å². The molecule has 0 aliphatic heterocycles. The number of nitrogens with two attached hydrogens (primary N) is 1. The molecule has 0 spiro atoms. The van der Waals surface area contributed by atoms with Crippen LogP contribution in [0.1, 0.15) is 55.0 Å². The van der Waals surface area contributed by atoms with Crippen LogP contribution in [0.3, 0.4) is 0 Å². The summed E-state index contributed by atoms with van der Waals surface area (Å²) >= 11 is 0. The Morgan fingerprint density at radius 3 is 2.30 bits per heavy atom. The number of benzene rings is 2. The molecule has 0 radical (unpaired) electrons. The first-order valence-electron chi connectivity index (χ1n) is 7.36. The molecule has 2 nitrogen and oxygen atoms in total. The molecule has 0 heterocycles. The summed E-state index contributed by atoms with van der Waals surface area (Å²) in [4.78, 5) is 0. The monoisotopic (exact) mass is 266 g/mol. The third-order valence-corrected chi connectivity index (χ3v) is 4.18. The van der Waals surface area contributed by atoms with Gasteiger partial charge in [0, 0.05) is 11.7 Å². The van der Waals surface area contributed by atoms with Crippen molar-refractivity contribution < 1.29 is 0 Å². The fraction of sp³-hybridized carbons (Fsp3) is 0.333. The van der Waals surface area contributed by atoms with E-state index in [2.05, 4.69) is 67.7 Å². The van der Waals surface area contributed by atoms with E-state index < -0.39 is 0 Å². The van der Waals surface area contributed by atoms with Gasteiger partial charge < -0.3 is 11.1 Å². The second-order valence-electron chi connectivity index (χ2n) is 5.94. The highest BCUT2D eigenvalue weighted by Gasteiger charge is 2.27. The zero-order valence-corrected chi connectivity index (χ0v) is 12.1. The summed E-state index contributed by atoms with van der Waals surface area (Å²) in [6.07, 6.45) is 0.964. The van der Waals surface area contributed by atoms with Gasteiger partial charge in [-0.3, -0.25) is 0 Å². The van der Waals surface area contributed by atoms with Crippen molar-refractivity contribution in [2.24, 2.45) is 5.73 Å². The van der Waals surface area contributed by atoms with Gasteiger partial charge in [0.05, 0.1) is 6.04 Å². The molecule has 2 aromatic carbocycles. The van der Waals surface area contributed by atoms with Crippen molar-refractivity contribution in [3.8, 4) is 0 Å². The van der Waals surface area contributed by atoms with Crippen molar-refractivity contribution in [1.29, 1.82) is 0 Å². The van der Waals surface area contributed by atoms with E-state index in [1.807, 2.05) is 0 Å². The number of fused-ring (bicyclic) bond motifs is 1. The Bertz CT molecular complexity index is 587. The van der Waals surface area contributed by atoms with Crippen LogP contribution in [0.15, 0.2) is 48.5 Å². The van der Waals surface area contributed by atoms with Crippen LogP contribution < -0.4 is 11.1 Å². The molecule has 0 saturated carbocycles. The third-order valence-electron chi connectivity index (χ3n) is 4.18. The van der Waals surface area contributed by atoms with Gasteiger partial charge in [0.1, 0.15) is 0 Å². The quantitative estimate of drug-likeness (QED) is 0.866. The Morgan fingerprint density at radius 1 is 1.00 bits per heavy atom. The van der Waals surface area contributed by atoms with Crippen molar-refractivity contribution in [2.45, 2.75) is 38.3 Å². The number of anilines is 1. The maximum Gasteiger partial charge on any atom is 0.0535 e. The zero-order valence-electron chi connectivity index (χ0n) is 12.1. The third kappa shape index (κ3) is 2.44. The molecular formula is C18H22N2. The van der Waals surface area contributed by atoms with Gasteiger partial charge in [-0.15, -0.1) is 0 Å². The first kappa shape index (κ1) is 13.2. The average Bonchev–Trinajstić information content (AvgIpc) is 2.77. The van der Waals surface area contributed by atoms with E-state index in [1.165, 1.54) is 22.4 Å². The Morgan fingerprint density at radius 2 is 1.65 bits per heavy atom. The number of nitrogens with one attached hydrogen (secondary N) is 1. The van der Waals surface area contributed by atoms with Gasteiger partial charge in [0.15, 0.2) is 0 Å². The lowest BCUT2D eigenvalue weighted by Crippen LogP contribution is -2.10. The van der Waals surface area contributed by atoms with E-state index in [0.717, 1.165) is 6.42 Å². The summed E-state index contributed by atoms with van der Waals surface area (Å²) in [7, 11) is 0. The minimum absolute atomic E-state index is 0.152. The van der Waals surface area contributed by atoms with Gasteiger partial charge in [0.25, 0.3) is 0 Å². The molecule has 0 fully saturated rings. The number of hydrogen-bond donors (Lipinski definition) is 2. The topological polar surface area (TPSA) is 38.0 Å². The summed E-state index contributed by atoms with van der Waals surface area (Å²) < 4.78 is 0. The highest BCUT2D eigenvalue weighted by molar-refractivity contribution is 5.50. The molecule has 2 aromatic rings. The molecule has 3 N–H and O–H groups in total. The number of rotatable bonds is 3. The summed E-state index contributed by atoms with van der Waals surface area (Å²) in [5, 5.41) is 3.61. The van der Waals surface area contributed by atoms with Gasteiger partial charge >= 0.3 is 0 Å². The lowest BCUT2D eigenvalue weighted by atomic mass is 10.0. The lowest BCUT2D eigenvalue weighted by molar-refractivity contribution is 0.648. The van der Waals surface area contributed by atoms with E-state index >= 15 is 0 Å². The molecule has 2 heteroatoms. The molecule has 104 valence electrons. The van der Waals surface area contributed by atoms with Crippen LogP contribution in [0, 0.1) is 0 Å². The van der Waals surface area contributed by atoms with Gasteiger partial charge in [-0.1, -0.05) is 50.2 Å². The molecule has 0 aromatic heterocycles. The molecule has 1 aliphatic rings. The SMILES string of the molecule is CC(C)c1ccc(NC2CC(N)c3ccccc32)cc1. The van der Waals surface area contributed by atoms with Crippen molar-refractivity contribution in [3.63, 3.8) is 0 Å². The first-order chi connectivity index (χ1) is 9.65. The predicted molar refractivity (Wildman–Crippen MR) is 84.9 cm³/mol. The second-order valence-corrected chi connectivity index (χ2v) is 5.94. The standard InChI is InChI=1S/C18H22N2/c1-12(2)13-7-9-14(10-8-13)20-18-11-17(19)15-5-3-4-6-16(15)18/h3-10,12,17-18,20H,11,19H2,1-2H3. The van der Waals surface area contributed by atoms with Gasteiger partial charge in [0.2, 0.25) is 0 Å². The van der Waals surface area contributed by atoms with E-state index in [4.69, 9.17) is 5.73 Å². The second kappa shape index (κ2) is 5.29. The highest BCUT2D eigenvalue weighted by atomic mass is 14.9. The normalized spacial score (nSPS) is 21.0. The van der Waals surface area contributed by atoms with E-state index in [0.29, 0.717) is 12.0 Å². The van der Waals surface area contributed by atoms with Crippen molar-refractivity contribution in [2.75, 3.05) is 5.32 Å². The largest absolute Gasteiger partial charge is 0.378 e. The van der Waals surface area contributed by atoms with Crippen LogP contribution in [-0.4, -0.2) is 0 Å². The Balaban J connectivity index is 1.79. The maximum atomic E-state index is 6.21. The van der Waals surface area contributed by atoms with Crippen LogP contribution in [0.4, 0.5) is 5.69 Å². The maximum absolute atomic E-state index is 6.21. The van der Waals surface area contributed by atoms with Crippen LogP contribution in [0.25, 0.3) is 0 Å². The van der Waals surface area contributed by atoms with Gasteiger partial charge in [-0.05, 0) is 41.2 Å². The fourth-order valence-electron chi connectivity index (χ4n) is 2.98. The Hall–Kier alpha value is -1.80. The van der Waals surface area contributed by atoms with E-state index in [-0.39, 0.29) is 6.04 Å². The number of hydrogen-bond acceptors (Lipinski definition) is 2. The van der Waals surface area contributed by atoms with E-state index in [1.54, 1.807) is 0 Å². The molecule has 0 bridgehead atoms. The van der Waals surface area contributed by atoms with Crippen molar-refractivity contribution in [1.82, 2.24) is 0 Å². The highest BCUT2D eigenvalue weighted by Crippen LogP contribution is 2.39. The first-order valence-corrected chi connectivity index (χ1v) is 7.36. The van der Waals surface area contributed by atoms with Crippen LogP contribution in [0.2, 0.25) is 0 Å². The van der Waals surface area contributed by atoms with Crippen molar-refractivity contribution >= 4 is 5.69 Å². The molecule has 3 rings (SSSR count). The lowest BCUT2D eigenvalue weighted by Gasteiger charge is -2.16. The van der Waals surface area contributed by atoms with Gasteiger partial charge in [-0.25, -0.2) is 0 Å². The summed E-state index contributed by atoms with van der Waals surface area (Å²) in [5.41, 5.74) is 11.4. The summed E-state index contributed by atoms with van der Waals surface area (Å²) in [6.45, 7) is 4.43.